The summed E-state index contributed by atoms with van der Waals surface area (Å²) in [5, 5.41) is 12.0. The molecule has 0 spiro atoms. The highest BCUT2D eigenvalue weighted by Gasteiger charge is 2.55. The van der Waals surface area contributed by atoms with E-state index in [9.17, 15) is 18.3 Å². The fourth-order valence-electron chi connectivity index (χ4n) is 4.40. The van der Waals surface area contributed by atoms with E-state index >= 15 is 0 Å². The van der Waals surface area contributed by atoms with Crippen LogP contribution in [0, 0.1) is 12.3 Å². The number of likely N-dealkylation sites (tertiary alicyclic amines) is 1. The smallest absolute Gasteiger partial charge is 0.441 e. The molecule has 8 heteroatoms. The molecule has 1 saturated heterocycles. The van der Waals surface area contributed by atoms with Gasteiger partial charge in [-0.15, -0.1) is 13.2 Å². The quantitative estimate of drug-likeness (QED) is 0.703. The van der Waals surface area contributed by atoms with Crippen molar-refractivity contribution in [2.45, 2.75) is 25.8 Å². The molecule has 5 nitrogen and oxygen atoms in total. The van der Waals surface area contributed by atoms with Gasteiger partial charge in [0.2, 0.25) is 0 Å². The van der Waals surface area contributed by atoms with E-state index in [-0.39, 0.29) is 5.75 Å². The van der Waals surface area contributed by atoms with E-state index in [2.05, 4.69) is 14.6 Å². The van der Waals surface area contributed by atoms with E-state index in [1.165, 1.54) is 24.3 Å². The summed E-state index contributed by atoms with van der Waals surface area (Å²) in [6, 6.07) is 10.7. The summed E-state index contributed by atoms with van der Waals surface area (Å²) in [6.07, 6.45) is -4.77. The molecule has 0 radical (unpaired) electrons. The minimum Gasteiger partial charge on any atom is -0.441 e. The van der Waals surface area contributed by atoms with Crippen LogP contribution in [-0.2, 0) is 5.60 Å². The molecule has 29 heavy (non-hydrogen) atoms. The zero-order valence-electron chi connectivity index (χ0n) is 16.2. The summed E-state index contributed by atoms with van der Waals surface area (Å²) < 4.78 is 47.1. The topological polar surface area (TPSA) is 58.7 Å². The molecule has 1 aliphatic heterocycles. The zero-order valence-corrected chi connectivity index (χ0v) is 16.2. The summed E-state index contributed by atoms with van der Waals surface area (Å²) in [4.78, 5) is 6.36. The normalized spacial score (nSPS) is 19.0. The van der Waals surface area contributed by atoms with Crippen LogP contribution in [0.5, 0.6) is 5.75 Å². The number of hydrogen-bond donors (Lipinski definition) is 1. The fraction of sp³-hybridized carbons (Fsp3) is 0.381. The van der Waals surface area contributed by atoms with Crippen LogP contribution in [0.1, 0.15) is 23.9 Å². The van der Waals surface area contributed by atoms with Gasteiger partial charge in [-0.1, -0.05) is 25.1 Å². The Balaban J connectivity index is 1.80. The summed E-state index contributed by atoms with van der Waals surface area (Å²) in [5.74, 6) is 0.185. The molecule has 0 amide bonds. The lowest BCUT2D eigenvalue weighted by molar-refractivity contribution is -0.274. The van der Waals surface area contributed by atoms with E-state index in [0.29, 0.717) is 41.2 Å². The molecule has 2 heterocycles. The van der Waals surface area contributed by atoms with Gasteiger partial charge in [-0.2, -0.15) is 0 Å². The first-order valence-electron chi connectivity index (χ1n) is 9.15. The number of aryl methyl sites for hydroxylation is 1. The van der Waals surface area contributed by atoms with Gasteiger partial charge in [-0.3, -0.25) is 0 Å². The molecular weight excluding hydrogens is 385 g/mol. The Bertz CT molecular complexity index is 1040. The molecule has 0 unspecified atom stereocenters. The van der Waals surface area contributed by atoms with E-state index in [1.807, 2.05) is 14.0 Å². The molecule has 1 aliphatic rings. The summed E-state index contributed by atoms with van der Waals surface area (Å²) >= 11 is 0. The van der Waals surface area contributed by atoms with Gasteiger partial charge in [0, 0.05) is 25.4 Å². The van der Waals surface area contributed by atoms with E-state index in [1.54, 1.807) is 25.1 Å². The van der Waals surface area contributed by atoms with Crippen molar-refractivity contribution in [3.63, 3.8) is 0 Å². The standard InChI is InChI=1S/C21H21F3N2O3/c1-13-25-17-9-6-15(10-18(17)28-13)20(27,19(2)11-26(3)12-19)14-4-7-16(8-5-14)29-21(22,23)24/h4-10,27H,11-12H2,1-3H3/t20-/m1/s1. The number of oxazole rings is 1. The molecule has 3 aromatic rings. The first-order valence-corrected chi connectivity index (χ1v) is 9.15. The third-order valence-electron chi connectivity index (χ3n) is 5.53. The summed E-state index contributed by atoms with van der Waals surface area (Å²) in [5.41, 5.74) is 0.326. The molecule has 0 aliphatic carbocycles. The number of benzene rings is 2. The first kappa shape index (κ1) is 19.7. The average Bonchev–Trinajstić information content (AvgIpc) is 2.98. The van der Waals surface area contributed by atoms with Gasteiger partial charge in [0.05, 0.1) is 0 Å². The van der Waals surface area contributed by atoms with E-state index in [0.717, 1.165) is 0 Å². The lowest BCUT2D eigenvalue weighted by Crippen LogP contribution is -2.63. The van der Waals surface area contributed by atoms with Gasteiger partial charge in [0.15, 0.2) is 11.5 Å². The Hall–Kier alpha value is -2.58. The third-order valence-corrected chi connectivity index (χ3v) is 5.53. The van der Waals surface area contributed by atoms with Crippen molar-refractivity contribution in [2.75, 3.05) is 20.1 Å². The van der Waals surface area contributed by atoms with E-state index in [4.69, 9.17) is 4.42 Å². The summed E-state index contributed by atoms with van der Waals surface area (Å²) in [6.45, 7) is 4.95. The number of rotatable bonds is 4. The van der Waals surface area contributed by atoms with Crippen LogP contribution in [-0.4, -0.2) is 41.5 Å². The van der Waals surface area contributed by atoms with Crippen molar-refractivity contribution >= 4 is 11.1 Å². The lowest BCUT2D eigenvalue weighted by Gasteiger charge is -2.56. The molecule has 1 aromatic heterocycles. The van der Waals surface area contributed by atoms with Crippen LogP contribution in [0.4, 0.5) is 13.2 Å². The van der Waals surface area contributed by atoms with Crippen LogP contribution in [0.3, 0.4) is 0 Å². The van der Waals surface area contributed by atoms with Gasteiger partial charge in [0.25, 0.3) is 0 Å². The van der Waals surface area contributed by atoms with Crippen molar-refractivity contribution in [2.24, 2.45) is 5.41 Å². The Morgan fingerprint density at radius 1 is 1.10 bits per heavy atom. The molecule has 154 valence electrons. The van der Waals surface area contributed by atoms with Gasteiger partial charge in [-0.25, -0.2) is 4.98 Å². The molecule has 0 saturated carbocycles. The Labute approximate surface area is 165 Å². The summed E-state index contributed by atoms with van der Waals surface area (Å²) in [7, 11) is 1.95. The molecule has 4 rings (SSSR count). The highest BCUT2D eigenvalue weighted by atomic mass is 19.4. The number of alkyl halides is 3. The minimum absolute atomic E-state index is 0.333. The number of aromatic nitrogens is 1. The Kier molecular flexibility index (Phi) is 4.40. The number of halogens is 3. The Morgan fingerprint density at radius 3 is 2.31 bits per heavy atom. The number of fused-ring (bicyclic) bond motifs is 1. The van der Waals surface area contributed by atoms with Crippen LogP contribution in [0.25, 0.3) is 11.1 Å². The van der Waals surface area contributed by atoms with Crippen molar-refractivity contribution in [1.82, 2.24) is 9.88 Å². The van der Waals surface area contributed by atoms with Crippen LogP contribution >= 0.6 is 0 Å². The molecule has 1 fully saturated rings. The zero-order chi connectivity index (χ0) is 21.0. The van der Waals surface area contributed by atoms with Crippen LogP contribution < -0.4 is 4.74 Å². The fourth-order valence-corrected chi connectivity index (χ4v) is 4.40. The molecule has 0 bridgehead atoms. The maximum atomic E-state index is 12.5. The van der Waals surface area contributed by atoms with Crippen LogP contribution in [0.2, 0.25) is 0 Å². The predicted octanol–water partition coefficient (Wildman–Crippen LogP) is 4.22. The highest BCUT2D eigenvalue weighted by Crippen LogP contribution is 2.50. The Morgan fingerprint density at radius 2 is 1.72 bits per heavy atom. The number of hydrogen-bond acceptors (Lipinski definition) is 5. The van der Waals surface area contributed by atoms with Gasteiger partial charge in [-0.05, 0) is 42.4 Å². The van der Waals surface area contributed by atoms with Gasteiger partial charge >= 0.3 is 6.36 Å². The highest BCUT2D eigenvalue weighted by molar-refractivity contribution is 5.74. The SMILES string of the molecule is Cc1nc2ccc([C@](O)(c3ccc(OC(F)(F)F)cc3)C3(C)CN(C)C3)cc2o1. The number of ether oxygens (including phenoxy) is 1. The van der Waals surface area contributed by atoms with Crippen molar-refractivity contribution in [3.05, 3.63) is 59.5 Å². The monoisotopic (exact) mass is 406 g/mol. The average molecular weight is 406 g/mol. The van der Waals surface area contributed by atoms with Gasteiger partial charge < -0.3 is 19.2 Å². The molecular formula is C21H21F3N2O3. The number of aliphatic hydroxyl groups is 1. The maximum absolute atomic E-state index is 12.5. The van der Waals surface area contributed by atoms with Crippen molar-refractivity contribution in [3.8, 4) is 5.75 Å². The third kappa shape index (κ3) is 3.36. The first-order chi connectivity index (χ1) is 13.5. The lowest BCUT2D eigenvalue weighted by atomic mass is 9.62. The predicted molar refractivity (Wildman–Crippen MR) is 100 cm³/mol. The van der Waals surface area contributed by atoms with Crippen LogP contribution in [0.15, 0.2) is 46.9 Å². The second kappa shape index (κ2) is 6.47. The minimum atomic E-state index is -4.77. The molecule has 1 atom stereocenters. The maximum Gasteiger partial charge on any atom is 0.573 e. The van der Waals surface area contributed by atoms with E-state index < -0.39 is 17.4 Å². The van der Waals surface area contributed by atoms with Crippen molar-refractivity contribution in [1.29, 1.82) is 0 Å². The van der Waals surface area contributed by atoms with Crippen molar-refractivity contribution < 1.29 is 27.4 Å². The second-order valence-corrected chi connectivity index (χ2v) is 7.93. The largest absolute Gasteiger partial charge is 0.573 e. The van der Waals surface area contributed by atoms with Gasteiger partial charge in [0.1, 0.15) is 16.9 Å². The molecule has 1 N–H and O–H groups in total. The molecule has 2 aromatic carbocycles. The number of nitrogens with zero attached hydrogens (tertiary/aromatic N) is 2. The second-order valence-electron chi connectivity index (χ2n) is 7.93.